The largest absolute Gasteiger partial charge is 0.366 e. The molecule has 158 valence electrons. The van der Waals surface area contributed by atoms with Crippen LogP contribution in [0.2, 0.25) is 0 Å². The molecule has 0 bridgehead atoms. The van der Waals surface area contributed by atoms with Gasteiger partial charge in [-0.15, -0.1) is 11.3 Å². The van der Waals surface area contributed by atoms with Crippen molar-refractivity contribution in [3.8, 4) is 0 Å². The number of primary amides is 2. The summed E-state index contributed by atoms with van der Waals surface area (Å²) in [4.78, 5) is 54.9. The molecule has 0 aliphatic carbocycles. The SMILES string of the molecule is C[C@H]1CCC(Cc2ccc(C(N)=O)s2)N(C(=O)C(=O)Nc2cncc(C(N)=O)c2)C1. The molecule has 1 fully saturated rings. The lowest BCUT2D eigenvalue weighted by atomic mass is 9.92. The van der Waals surface area contributed by atoms with Crippen LogP contribution in [0.4, 0.5) is 5.69 Å². The Balaban J connectivity index is 1.73. The van der Waals surface area contributed by atoms with Gasteiger partial charge in [0.15, 0.2) is 0 Å². The van der Waals surface area contributed by atoms with Gasteiger partial charge in [0.2, 0.25) is 5.91 Å². The van der Waals surface area contributed by atoms with Gasteiger partial charge in [-0.2, -0.15) is 0 Å². The number of piperidine rings is 1. The fraction of sp³-hybridized carbons (Fsp3) is 0.350. The van der Waals surface area contributed by atoms with Crippen molar-refractivity contribution in [3.63, 3.8) is 0 Å². The average molecular weight is 430 g/mol. The second-order valence-electron chi connectivity index (χ2n) is 7.41. The van der Waals surface area contributed by atoms with Crippen LogP contribution in [0.1, 0.15) is 44.7 Å². The van der Waals surface area contributed by atoms with Crippen molar-refractivity contribution in [2.24, 2.45) is 17.4 Å². The number of nitrogens with two attached hydrogens (primary N) is 2. The minimum Gasteiger partial charge on any atom is -0.366 e. The van der Waals surface area contributed by atoms with E-state index in [2.05, 4.69) is 10.3 Å². The van der Waals surface area contributed by atoms with E-state index in [1.165, 1.54) is 29.8 Å². The van der Waals surface area contributed by atoms with Crippen LogP contribution in [0.25, 0.3) is 0 Å². The number of likely N-dealkylation sites (tertiary alicyclic amines) is 1. The Hall–Kier alpha value is -3.27. The van der Waals surface area contributed by atoms with Crippen molar-refractivity contribution < 1.29 is 19.2 Å². The lowest BCUT2D eigenvalue weighted by Crippen LogP contribution is -2.51. The molecule has 10 heteroatoms. The van der Waals surface area contributed by atoms with Gasteiger partial charge in [-0.3, -0.25) is 24.2 Å². The van der Waals surface area contributed by atoms with E-state index in [1.807, 2.05) is 13.0 Å². The highest BCUT2D eigenvalue weighted by Gasteiger charge is 2.33. The third-order valence-corrected chi connectivity index (χ3v) is 6.14. The standard InChI is InChI=1S/C20H23N5O4S/c1-11-2-3-14(7-15-4-5-16(30-15)18(22)27)25(10-11)20(29)19(28)24-13-6-12(17(21)26)8-23-9-13/h4-6,8-9,11,14H,2-3,7,10H2,1H3,(H2,21,26)(H2,22,27)(H,24,28)/t11-,14?/m0/s1. The minimum absolute atomic E-state index is 0.132. The van der Waals surface area contributed by atoms with E-state index in [9.17, 15) is 19.2 Å². The average Bonchev–Trinajstić information content (AvgIpc) is 3.18. The maximum atomic E-state index is 12.9. The smallest absolute Gasteiger partial charge is 0.313 e. The molecular weight excluding hydrogens is 406 g/mol. The molecule has 3 rings (SSSR count). The maximum absolute atomic E-state index is 12.9. The Labute approximate surface area is 177 Å². The summed E-state index contributed by atoms with van der Waals surface area (Å²) in [6, 6.07) is 4.71. The summed E-state index contributed by atoms with van der Waals surface area (Å²) in [6.07, 6.45) is 4.86. The summed E-state index contributed by atoms with van der Waals surface area (Å²) in [5.74, 6) is -2.35. The van der Waals surface area contributed by atoms with Crippen molar-refractivity contribution in [3.05, 3.63) is 45.9 Å². The minimum atomic E-state index is -0.804. The first-order chi connectivity index (χ1) is 14.2. The molecular formula is C20H23N5O4S. The van der Waals surface area contributed by atoms with Gasteiger partial charge in [0, 0.05) is 30.1 Å². The molecule has 1 aliphatic rings. The summed E-state index contributed by atoms with van der Waals surface area (Å²) < 4.78 is 0. The number of amides is 4. The van der Waals surface area contributed by atoms with E-state index >= 15 is 0 Å². The van der Waals surface area contributed by atoms with E-state index in [0.29, 0.717) is 17.8 Å². The molecule has 1 saturated heterocycles. The van der Waals surface area contributed by atoms with E-state index in [0.717, 1.165) is 17.7 Å². The highest BCUT2D eigenvalue weighted by atomic mass is 32.1. The van der Waals surface area contributed by atoms with Crippen LogP contribution in [-0.4, -0.2) is 46.1 Å². The van der Waals surface area contributed by atoms with E-state index in [-0.39, 0.29) is 23.2 Å². The van der Waals surface area contributed by atoms with Gasteiger partial charge in [-0.1, -0.05) is 6.92 Å². The van der Waals surface area contributed by atoms with Gasteiger partial charge in [-0.25, -0.2) is 0 Å². The van der Waals surface area contributed by atoms with Gasteiger partial charge in [-0.05, 0) is 37.0 Å². The van der Waals surface area contributed by atoms with Crippen molar-refractivity contribution >= 4 is 40.7 Å². The first-order valence-electron chi connectivity index (χ1n) is 9.50. The molecule has 3 heterocycles. The number of hydrogen-bond donors (Lipinski definition) is 3. The molecule has 9 nitrogen and oxygen atoms in total. The number of thiophene rings is 1. The quantitative estimate of drug-likeness (QED) is 0.610. The second-order valence-corrected chi connectivity index (χ2v) is 8.58. The maximum Gasteiger partial charge on any atom is 0.313 e. The van der Waals surface area contributed by atoms with Gasteiger partial charge in [0.25, 0.3) is 5.91 Å². The Morgan fingerprint density at radius 1 is 1.17 bits per heavy atom. The van der Waals surface area contributed by atoms with Gasteiger partial charge < -0.3 is 21.7 Å². The van der Waals surface area contributed by atoms with Crippen LogP contribution >= 0.6 is 11.3 Å². The molecule has 5 N–H and O–H groups in total. The molecule has 0 aromatic carbocycles. The first kappa shape index (κ1) is 21.4. The number of rotatable bonds is 5. The van der Waals surface area contributed by atoms with Gasteiger partial charge >= 0.3 is 11.8 Å². The molecule has 2 aromatic rings. The van der Waals surface area contributed by atoms with Crippen LogP contribution < -0.4 is 16.8 Å². The molecule has 1 aliphatic heterocycles. The molecule has 2 atom stereocenters. The van der Waals surface area contributed by atoms with Crippen molar-refractivity contribution in [1.82, 2.24) is 9.88 Å². The number of nitrogens with one attached hydrogen (secondary N) is 1. The fourth-order valence-electron chi connectivity index (χ4n) is 3.48. The van der Waals surface area contributed by atoms with Crippen LogP contribution in [0.3, 0.4) is 0 Å². The van der Waals surface area contributed by atoms with Crippen LogP contribution in [0.15, 0.2) is 30.6 Å². The highest BCUT2D eigenvalue weighted by Crippen LogP contribution is 2.27. The zero-order chi connectivity index (χ0) is 21.8. The number of nitrogens with zero attached hydrogens (tertiary/aromatic N) is 2. The second kappa shape index (κ2) is 9.04. The Bertz CT molecular complexity index is 989. The van der Waals surface area contributed by atoms with Gasteiger partial charge in [0.1, 0.15) is 0 Å². The van der Waals surface area contributed by atoms with Crippen LogP contribution in [0, 0.1) is 5.92 Å². The highest BCUT2D eigenvalue weighted by molar-refractivity contribution is 7.14. The van der Waals surface area contributed by atoms with Gasteiger partial charge in [0.05, 0.1) is 22.3 Å². The molecule has 0 radical (unpaired) electrons. The molecule has 0 saturated carbocycles. The number of anilines is 1. The third-order valence-electron chi connectivity index (χ3n) is 5.02. The van der Waals surface area contributed by atoms with E-state index < -0.39 is 23.6 Å². The molecule has 30 heavy (non-hydrogen) atoms. The Morgan fingerprint density at radius 3 is 2.60 bits per heavy atom. The third kappa shape index (κ3) is 5.01. The first-order valence-corrected chi connectivity index (χ1v) is 10.3. The number of aromatic nitrogens is 1. The molecule has 4 amide bonds. The topological polar surface area (TPSA) is 148 Å². The van der Waals surface area contributed by atoms with Crippen molar-refractivity contribution in [1.29, 1.82) is 0 Å². The van der Waals surface area contributed by atoms with Crippen molar-refractivity contribution in [2.75, 3.05) is 11.9 Å². The number of carbonyl (C=O) groups excluding carboxylic acids is 4. The Kier molecular flexibility index (Phi) is 6.46. The lowest BCUT2D eigenvalue weighted by molar-refractivity contribution is -0.146. The summed E-state index contributed by atoms with van der Waals surface area (Å²) in [6.45, 7) is 2.50. The predicted molar refractivity (Wildman–Crippen MR) is 112 cm³/mol. The van der Waals surface area contributed by atoms with Crippen LogP contribution in [0.5, 0.6) is 0 Å². The summed E-state index contributed by atoms with van der Waals surface area (Å²) in [7, 11) is 0. The monoisotopic (exact) mass is 429 g/mol. The predicted octanol–water partition coefficient (Wildman–Crippen LogP) is 1.15. The normalized spacial score (nSPS) is 18.6. The summed E-state index contributed by atoms with van der Waals surface area (Å²) in [5, 5.41) is 2.49. The fourth-order valence-corrected chi connectivity index (χ4v) is 4.41. The molecule has 2 aromatic heterocycles. The lowest BCUT2D eigenvalue weighted by Gasteiger charge is -2.38. The molecule has 1 unspecified atom stereocenters. The van der Waals surface area contributed by atoms with E-state index in [1.54, 1.807) is 11.0 Å². The summed E-state index contributed by atoms with van der Waals surface area (Å²) in [5.41, 5.74) is 10.9. The van der Waals surface area contributed by atoms with Crippen molar-refractivity contribution in [2.45, 2.75) is 32.2 Å². The van der Waals surface area contributed by atoms with Crippen LogP contribution in [-0.2, 0) is 16.0 Å². The van der Waals surface area contributed by atoms with E-state index in [4.69, 9.17) is 11.5 Å². The Morgan fingerprint density at radius 2 is 1.93 bits per heavy atom. The molecule has 0 spiro atoms. The number of pyridine rings is 1. The summed E-state index contributed by atoms with van der Waals surface area (Å²) >= 11 is 1.30. The number of carbonyl (C=O) groups is 4. The number of hydrogen-bond acceptors (Lipinski definition) is 6. The zero-order valence-electron chi connectivity index (χ0n) is 16.5. The zero-order valence-corrected chi connectivity index (χ0v) is 17.3.